The van der Waals surface area contributed by atoms with E-state index in [1.807, 2.05) is 37.4 Å². The van der Waals surface area contributed by atoms with E-state index in [0.29, 0.717) is 24.0 Å². The second-order valence-corrected chi connectivity index (χ2v) is 8.17. The van der Waals surface area contributed by atoms with Crippen molar-refractivity contribution in [2.24, 2.45) is 0 Å². The summed E-state index contributed by atoms with van der Waals surface area (Å²) in [6, 6.07) is 11.4. The number of nitrogens with one attached hydrogen (secondary N) is 1. The highest BCUT2D eigenvalue weighted by Gasteiger charge is 2.29. The first kappa shape index (κ1) is 17.1. The van der Waals surface area contributed by atoms with Crippen molar-refractivity contribution in [1.82, 2.24) is 14.6 Å². The molecule has 0 saturated carbocycles. The maximum atomic E-state index is 12.7. The lowest BCUT2D eigenvalue weighted by Crippen LogP contribution is -2.44. The number of sulfonamides is 1. The Balaban J connectivity index is 1.55. The van der Waals surface area contributed by atoms with Gasteiger partial charge in [0.2, 0.25) is 10.0 Å². The standard InChI is InChI=1S/C18H23N3O2S/c1-15-4-6-18(7-5-15)24(22,23)21-11-8-17(9-12-21)20-14-16-3-2-10-19-13-16/h2-7,10,13,17,20H,8-9,11-12,14H2,1H3. The minimum absolute atomic E-state index is 0.342. The average molecular weight is 345 g/mol. The van der Waals surface area contributed by atoms with Crippen LogP contribution in [0.5, 0.6) is 0 Å². The number of hydrogen-bond donors (Lipinski definition) is 1. The van der Waals surface area contributed by atoms with Crippen molar-refractivity contribution in [1.29, 1.82) is 0 Å². The van der Waals surface area contributed by atoms with Crippen molar-refractivity contribution in [3.63, 3.8) is 0 Å². The highest BCUT2D eigenvalue weighted by atomic mass is 32.2. The van der Waals surface area contributed by atoms with Crippen LogP contribution in [0.1, 0.15) is 24.0 Å². The number of aromatic nitrogens is 1. The fourth-order valence-electron chi connectivity index (χ4n) is 2.92. The van der Waals surface area contributed by atoms with Gasteiger partial charge in [-0.05, 0) is 43.5 Å². The van der Waals surface area contributed by atoms with Gasteiger partial charge in [-0.2, -0.15) is 4.31 Å². The van der Waals surface area contributed by atoms with Crippen LogP contribution >= 0.6 is 0 Å². The molecule has 1 aromatic carbocycles. The van der Waals surface area contributed by atoms with Crippen LogP contribution in [0.4, 0.5) is 0 Å². The third-order valence-corrected chi connectivity index (χ3v) is 6.34. The van der Waals surface area contributed by atoms with Crippen LogP contribution in [0.2, 0.25) is 0 Å². The average Bonchev–Trinajstić information content (AvgIpc) is 2.61. The molecule has 2 aromatic rings. The van der Waals surface area contributed by atoms with Crippen molar-refractivity contribution >= 4 is 10.0 Å². The van der Waals surface area contributed by atoms with E-state index in [9.17, 15) is 8.42 Å². The van der Waals surface area contributed by atoms with Crippen LogP contribution in [0.3, 0.4) is 0 Å². The second kappa shape index (κ2) is 7.42. The molecule has 0 radical (unpaired) electrons. The summed E-state index contributed by atoms with van der Waals surface area (Å²) in [5, 5.41) is 3.50. The molecule has 0 spiro atoms. The van der Waals surface area contributed by atoms with E-state index in [2.05, 4.69) is 10.3 Å². The molecular formula is C18H23N3O2S. The van der Waals surface area contributed by atoms with Crippen molar-refractivity contribution in [2.45, 2.75) is 37.2 Å². The van der Waals surface area contributed by atoms with Crippen LogP contribution in [0, 0.1) is 6.92 Å². The molecule has 1 saturated heterocycles. The van der Waals surface area contributed by atoms with Crippen molar-refractivity contribution in [3.8, 4) is 0 Å². The summed E-state index contributed by atoms with van der Waals surface area (Å²) in [6.45, 7) is 3.83. The summed E-state index contributed by atoms with van der Waals surface area (Å²) >= 11 is 0. The number of benzene rings is 1. The zero-order valence-corrected chi connectivity index (χ0v) is 14.7. The largest absolute Gasteiger partial charge is 0.310 e. The molecule has 6 heteroatoms. The van der Waals surface area contributed by atoms with Gasteiger partial charge in [0.25, 0.3) is 0 Å². The van der Waals surface area contributed by atoms with Gasteiger partial charge in [0.1, 0.15) is 0 Å². The van der Waals surface area contributed by atoms with Gasteiger partial charge in [-0.3, -0.25) is 4.98 Å². The van der Waals surface area contributed by atoms with Gasteiger partial charge in [0.15, 0.2) is 0 Å². The molecule has 1 aliphatic rings. The third-order valence-electron chi connectivity index (χ3n) is 4.43. The predicted octanol–water partition coefficient (Wildman–Crippen LogP) is 2.33. The minimum Gasteiger partial charge on any atom is -0.310 e. The molecule has 0 unspecified atom stereocenters. The summed E-state index contributed by atoms with van der Waals surface area (Å²) < 4.78 is 27.0. The van der Waals surface area contributed by atoms with Gasteiger partial charge < -0.3 is 5.32 Å². The maximum absolute atomic E-state index is 12.7. The van der Waals surface area contributed by atoms with E-state index in [1.54, 1.807) is 22.6 Å². The third kappa shape index (κ3) is 4.01. The van der Waals surface area contributed by atoms with Crippen LogP contribution in [0.15, 0.2) is 53.7 Å². The van der Waals surface area contributed by atoms with Gasteiger partial charge in [0, 0.05) is 38.1 Å². The Morgan fingerprint density at radius 2 is 1.88 bits per heavy atom. The first-order chi connectivity index (χ1) is 11.6. The van der Waals surface area contributed by atoms with Crippen LogP contribution < -0.4 is 5.32 Å². The van der Waals surface area contributed by atoms with Crippen molar-refractivity contribution in [3.05, 3.63) is 59.9 Å². The minimum atomic E-state index is -3.37. The predicted molar refractivity (Wildman–Crippen MR) is 94.0 cm³/mol. The number of piperidine rings is 1. The molecule has 5 nitrogen and oxygen atoms in total. The molecule has 1 aliphatic heterocycles. The molecule has 0 aliphatic carbocycles. The molecule has 24 heavy (non-hydrogen) atoms. The Morgan fingerprint density at radius 3 is 2.50 bits per heavy atom. The first-order valence-electron chi connectivity index (χ1n) is 8.25. The van der Waals surface area contributed by atoms with E-state index in [4.69, 9.17) is 0 Å². The normalized spacial score (nSPS) is 17.0. The van der Waals surface area contributed by atoms with Gasteiger partial charge in [-0.25, -0.2) is 8.42 Å². The monoisotopic (exact) mass is 345 g/mol. The van der Waals surface area contributed by atoms with Crippen LogP contribution in [-0.4, -0.2) is 36.8 Å². The summed E-state index contributed by atoms with van der Waals surface area (Å²) in [7, 11) is -3.37. The number of pyridine rings is 1. The van der Waals surface area contributed by atoms with Gasteiger partial charge in [-0.1, -0.05) is 23.8 Å². The van der Waals surface area contributed by atoms with E-state index in [0.717, 1.165) is 30.5 Å². The Morgan fingerprint density at radius 1 is 1.17 bits per heavy atom. The summed E-state index contributed by atoms with van der Waals surface area (Å²) in [4.78, 5) is 4.49. The molecule has 1 fully saturated rings. The smallest absolute Gasteiger partial charge is 0.243 e. The summed E-state index contributed by atoms with van der Waals surface area (Å²) in [6.07, 6.45) is 5.26. The highest BCUT2D eigenvalue weighted by Crippen LogP contribution is 2.21. The Hall–Kier alpha value is -1.76. The number of hydrogen-bond acceptors (Lipinski definition) is 4. The Labute approximate surface area is 143 Å². The van der Waals surface area contributed by atoms with Gasteiger partial charge >= 0.3 is 0 Å². The molecule has 128 valence electrons. The number of aryl methyl sites for hydroxylation is 1. The highest BCUT2D eigenvalue weighted by molar-refractivity contribution is 7.89. The van der Waals surface area contributed by atoms with Gasteiger partial charge in [0.05, 0.1) is 4.90 Å². The zero-order valence-electron chi connectivity index (χ0n) is 13.9. The number of rotatable bonds is 5. The Kier molecular flexibility index (Phi) is 5.28. The summed E-state index contributed by atoms with van der Waals surface area (Å²) in [5.74, 6) is 0. The fourth-order valence-corrected chi connectivity index (χ4v) is 4.39. The molecular weight excluding hydrogens is 322 g/mol. The molecule has 0 atom stereocenters. The maximum Gasteiger partial charge on any atom is 0.243 e. The van der Waals surface area contributed by atoms with Crippen LogP contribution in [-0.2, 0) is 16.6 Å². The van der Waals surface area contributed by atoms with Crippen molar-refractivity contribution in [2.75, 3.05) is 13.1 Å². The SMILES string of the molecule is Cc1ccc(S(=O)(=O)N2CCC(NCc3cccnc3)CC2)cc1. The lowest BCUT2D eigenvalue weighted by atomic mass is 10.1. The zero-order chi connectivity index (χ0) is 17.0. The van der Waals surface area contributed by atoms with E-state index in [-0.39, 0.29) is 0 Å². The number of nitrogens with zero attached hydrogens (tertiary/aromatic N) is 2. The van der Waals surface area contributed by atoms with Crippen LogP contribution in [0.25, 0.3) is 0 Å². The van der Waals surface area contributed by atoms with Gasteiger partial charge in [-0.15, -0.1) is 0 Å². The topological polar surface area (TPSA) is 62.3 Å². The fraction of sp³-hybridized carbons (Fsp3) is 0.389. The van der Waals surface area contributed by atoms with E-state index in [1.165, 1.54) is 0 Å². The first-order valence-corrected chi connectivity index (χ1v) is 9.69. The molecule has 2 heterocycles. The second-order valence-electron chi connectivity index (χ2n) is 6.23. The Bertz CT molecular complexity index is 753. The molecule has 1 N–H and O–H groups in total. The molecule has 0 amide bonds. The molecule has 1 aromatic heterocycles. The van der Waals surface area contributed by atoms with E-state index >= 15 is 0 Å². The summed E-state index contributed by atoms with van der Waals surface area (Å²) in [5.41, 5.74) is 2.21. The quantitative estimate of drug-likeness (QED) is 0.903. The molecule has 3 rings (SSSR count). The molecule has 0 bridgehead atoms. The lowest BCUT2D eigenvalue weighted by molar-refractivity contribution is 0.288. The van der Waals surface area contributed by atoms with E-state index < -0.39 is 10.0 Å². The van der Waals surface area contributed by atoms with Crippen molar-refractivity contribution < 1.29 is 8.42 Å². The lowest BCUT2D eigenvalue weighted by Gasteiger charge is -2.31.